The van der Waals surface area contributed by atoms with Crippen molar-refractivity contribution in [3.63, 3.8) is 0 Å². The maximum Gasteiger partial charge on any atom is 0.336 e. The summed E-state index contributed by atoms with van der Waals surface area (Å²) in [6.07, 6.45) is 0. The Labute approximate surface area is 110 Å². The van der Waals surface area contributed by atoms with Crippen molar-refractivity contribution in [2.75, 3.05) is 0 Å². The minimum Gasteiger partial charge on any atom is -0.478 e. The van der Waals surface area contributed by atoms with E-state index >= 15 is 0 Å². The van der Waals surface area contributed by atoms with E-state index in [1.54, 1.807) is 18.2 Å². The third-order valence-electron chi connectivity index (χ3n) is 2.53. The Morgan fingerprint density at radius 2 is 1.67 bits per heavy atom. The molecule has 0 aliphatic carbocycles. The lowest BCUT2D eigenvalue weighted by molar-refractivity contribution is 0.0693. The van der Waals surface area contributed by atoms with Crippen LogP contribution >= 0.6 is 11.8 Å². The first kappa shape index (κ1) is 12.7. The third kappa shape index (κ3) is 2.72. The molecule has 2 aromatic rings. The Morgan fingerprint density at radius 1 is 1.06 bits per heavy atom. The van der Waals surface area contributed by atoms with E-state index < -0.39 is 5.97 Å². The Bertz CT molecular complexity index is 569. The number of carboxylic acids is 1. The predicted molar refractivity (Wildman–Crippen MR) is 71.9 cm³/mol. The van der Waals surface area contributed by atoms with Crippen LogP contribution in [0.2, 0.25) is 0 Å². The van der Waals surface area contributed by atoms with Crippen LogP contribution in [0.5, 0.6) is 0 Å². The van der Waals surface area contributed by atoms with Gasteiger partial charge in [-0.1, -0.05) is 42.1 Å². The van der Waals surface area contributed by atoms with Crippen molar-refractivity contribution in [2.24, 2.45) is 5.73 Å². The molecule has 3 nitrogen and oxygen atoms in total. The molecule has 0 saturated heterocycles. The second-order valence-corrected chi connectivity index (χ2v) is 4.80. The molecule has 0 heterocycles. The Morgan fingerprint density at radius 3 is 2.33 bits per heavy atom. The van der Waals surface area contributed by atoms with Crippen LogP contribution in [0.25, 0.3) is 0 Å². The second kappa shape index (κ2) is 5.71. The van der Waals surface area contributed by atoms with Crippen LogP contribution in [0.15, 0.2) is 58.3 Å². The molecule has 0 saturated carbocycles. The van der Waals surface area contributed by atoms with Crippen molar-refractivity contribution in [1.82, 2.24) is 0 Å². The average Bonchev–Trinajstić information content (AvgIpc) is 2.40. The van der Waals surface area contributed by atoms with Gasteiger partial charge in [-0.3, -0.25) is 0 Å². The van der Waals surface area contributed by atoms with Crippen molar-refractivity contribution < 1.29 is 9.90 Å². The van der Waals surface area contributed by atoms with Gasteiger partial charge in [0.25, 0.3) is 0 Å². The first-order valence-electron chi connectivity index (χ1n) is 5.50. The van der Waals surface area contributed by atoms with Crippen LogP contribution in [0, 0.1) is 0 Å². The number of rotatable bonds is 4. The standard InChI is InChI=1S/C14H13NO2S/c15-9-10-5-1-3-7-12(10)18-13-8-4-2-6-11(13)14(16)17/h1-8H,9,15H2,(H,16,17). The van der Waals surface area contributed by atoms with Crippen molar-refractivity contribution in [3.05, 3.63) is 59.7 Å². The highest BCUT2D eigenvalue weighted by Crippen LogP contribution is 2.32. The lowest BCUT2D eigenvalue weighted by Crippen LogP contribution is -2.00. The number of aromatic carboxylic acids is 1. The van der Waals surface area contributed by atoms with E-state index in [-0.39, 0.29) is 0 Å². The van der Waals surface area contributed by atoms with Gasteiger partial charge in [0.1, 0.15) is 0 Å². The van der Waals surface area contributed by atoms with Gasteiger partial charge in [0.15, 0.2) is 0 Å². The summed E-state index contributed by atoms with van der Waals surface area (Å²) in [4.78, 5) is 12.9. The van der Waals surface area contributed by atoms with E-state index in [0.29, 0.717) is 12.1 Å². The van der Waals surface area contributed by atoms with E-state index in [0.717, 1.165) is 15.4 Å². The smallest absolute Gasteiger partial charge is 0.336 e. The number of hydrogen-bond donors (Lipinski definition) is 2. The highest BCUT2D eigenvalue weighted by atomic mass is 32.2. The summed E-state index contributed by atoms with van der Waals surface area (Å²) >= 11 is 1.43. The number of hydrogen-bond acceptors (Lipinski definition) is 3. The number of benzene rings is 2. The molecule has 4 heteroatoms. The van der Waals surface area contributed by atoms with Gasteiger partial charge in [0.05, 0.1) is 5.56 Å². The summed E-state index contributed by atoms with van der Waals surface area (Å²) in [5.74, 6) is -0.914. The summed E-state index contributed by atoms with van der Waals surface area (Å²) in [5, 5.41) is 9.13. The van der Waals surface area contributed by atoms with E-state index in [1.807, 2.05) is 30.3 Å². The maximum atomic E-state index is 11.1. The first-order chi connectivity index (χ1) is 8.72. The van der Waals surface area contributed by atoms with Gasteiger partial charge in [-0.05, 0) is 23.8 Å². The monoisotopic (exact) mass is 259 g/mol. The van der Waals surface area contributed by atoms with E-state index in [2.05, 4.69) is 0 Å². The maximum absolute atomic E-state index is 11.1. The second-order valence-electron chi connectivity index (χ2n) is 3.72. The molecule has 3 N–H and O–H groups in total. The molecular weight excluding hydrogens is 246 g/mol. The van der Waals surface area contributed by atoms with Crippen LogP contribution in [0.4, 0.5) is 0 Å². The quantitative estimate of drug-likeness (QED) is 0.886. The fraction of sp³-hybridized carbons (Fsp3) is 0.0714. The molecule has 0 bridgehead atoms. The SMILES string of the molecule is NCc1ccccc1Sc1ccccc1C(=O)O. The van der Waals surface area contributed by atoms with Gasteiger partial charge in [-0.25, -0.2) is 4.79 Å². The zero-order valence-electron chi connectivity index (χ0n) is 9.67. The molecule has 0 fully saturated rings. The van der Waals surface area contributed by atoms with Crippen LogP contribution in [-0.2, 0) is 6.54 Å². The molecule has 0 aliphatic rings. The summed E-state index contributed by atoms with van der Waals surface area (Å²) in [6, 6.07) is 14.7. The Kier molecular flexibility index (Phi) is 4.02. The fourth-order valence-electron chi connectivity index (χ4n) is 1.62. The van der Waals surface area contributed by atoms with E-state index in [1.165, 1.54) is 11.8 Å². The van der Waals surface area contributed by atoms with Gasteiger partial charge in [-0.2, -0.15) is 0 Å². The van der Waals surface area contributed by atoms with Crippen molar-refractivity contribution in [3.8, 4) is 0 Å². The molecule has 0 spiro atoms. The molecule has 2 rings (SSSR count). The Balaban J connectivity index is 2.37. The summed E-state index contributed by atoms with van der Waals surface area (Å²) < 4.78 is 0. The first-order valence-corrected chi connectivity index (χ1v) is 6.32. The minimum atomic E-state index is -0.914. The van der Waals surface area contributed by atoms with E-state index in [4.69, 9.17) is 10.8 Å². The minimum absolute atomic E-state index is 0.314. The lowest BCUT2D eigenvalue weighted by atomic mass is 10.2. The largest absolute Gasteiger partial charge is 0.478 e. The number of carboxylic acid groups (broad SMARTS) is 1. The fourth-order valence-corrected chi connectivity index (χ4v) is 2.70. The summed E-state index contributed by atoms with van der Waals surface area (Å²) in [5.41, 5.74) is 7.00. The molecule has 18 heavy (non-hydrogen) atoms. The van der Waals surface area contributed by atoms with Crippen LogP contribution in [0.1, 0.15) is 15.9 Å². The number of carbonyl (C=O) groups is 1. The van der Waals surface area contributed by atoms with Crippen LogP contribution in [-0.4, -0.2) is 11.1 Å². The zero-order valence-corrected chi connectivity index (χ0v) is 10.5. The van der Waals surface area contributed by atoms with E-state index in [9.17, 15) is 4.79 Å². The van der Waals surface area contributed by atoms with Crippen LogP contribution < -0.4 is 5.73 Å². The molecule has 0 aliphatic heterocycles. The highest BCUT2D eigenvalue weighted by molar-refractivity contribution is 7.99. The van der Waals surface area contributed by atoms with Crippen LogP contribution in [0.3, 0.4) is 0 Å². The topological polar surface area (TPSA) is 63.3 Å². The van der Waals surface area contributed by atoms with Gasteiger partial charge < -0.3 is 10.8 Å². The summed E-state index contributed by atoms with van der Waals surface area (Å²) in [7, 11) is 0. The Hall–Kier alpha value is -1.78. The lowest BCUT2D eigenvalue weighted by Gasteiger charge is -2.09. The molecule has 0 unspecified atom stereocenters. The molecular formula is C14H13NO2S. The van der Waals surface area contributed by atoms with Crippen molar-refractivity contribution in [2.45, 2.75) is 16.3 Å². The van der Waals surface area contributed by atoms with Gasteiger partial charge >= 0.3 is 5.97 Å². The third-order valence-corrected chi connectivity index (χ3v) is 3.72. The molecule has 0 amide bonds. The summed E-state index contributed by atoms with van der Waals surface area (Å²) in [6.45, 7) is 0.443. The van der Waals surface area contributed by atoms with Gasteiger partial charge in [0, 0.05) is 16.3 Å². The van der Waals surface area contributed by atoms with Crippen molar-refractivity contribution >= 4 is 17.7 Å². The van der Waals surface area contributed by atoms with Gasteiger partial charge in [0.2, 0.25) is 0 Å². The predicted octanol–water partition coefficient (Wildman–Crippen LogP) is 2.99. The normalized spacial score (nSPS) is 10.3. The zero-order chi connectivity index (χ0) is 13.0. The molecule has 2 aromatic carbocycles. The average molecular weight is 259 g/mol. The number of nitrogens with two attached hydrogens (primary N) is 1. The molecule has 0 aromatic heterocycles. The molecule has 0 atom stereocenters. The van der Waals surface area contributed by atoms with Crippen molar-refractivity contribution in [1.29, 1.82) is 0 Å². The molecule has 92 valence electrons. The molecule has 0 radical (unpaired) electrons. The van der Waals surface area contributed by atoms with Gasteiger partial charge in [-0.15, -0.1) is 0 Å². The highest BCUT2D eigenvalue weighted by Gasteiger charge is 2.11.